The van der Waals surface area contributed by atoms with Crippen molar-refractivity contribution in [2.45, 2.75) is 13.8 Å². The first-order valence-electron chi connectivity index (χ1n) is 8.48. The SMILES string of the molecule is CCOc1ccccc1OCC(=O)OCC(=O)Nc1cc(C)ccc1OC. The molecule has 7 heteroatoms. The van der Waals surface area contributed by atoms with Crippen LogP contribution in [0.1, 0.15) is 12.5 Å². The molecule has 0 bridgehead atoms. The Balaban J connectivity index is 1.82. The summed E-state index contributed by atoms with van der Waals surface area (Å²) in [4.78, 5) is 23.8. The van der Waals surface area contributed by atoms with E-state index in [4.69, 9.17) is 18.9 Å². The number of anilines is 1. The number of carbonyl (C=O) groups excluding carboxylic acids is 2. The maximum Gasteiger partial charge on any atom is 0.344 e. The van der Waals surface area contributed by atoms with Gasteiger partial charge in [-0.05, 0) is 43.7 Å². The fraction of sp³-hybridized carbons (Fsp3) is 0.300. The predicted octanol–water partition coefficient (Wildman–Crippen LogP) is 2.96. The Labute approximate surface area is 158 Å². The molecule has 7 nitrogen and oxygen atoms in total. The first-order valence-corrected chi connectivity index (χ1v) is 8.48. The first-order chi connectivity index (χ1) is 13.0. The monoisotopic (exact) mass is 373 g/mol. The fourth-order valence-electron chi connectivity index (χ4n) is 2.27. The molecule has 0 aliphatic carbocycles. The lowest BCUT2D eigenvalue weighted by Crippen LogP contribution is -2.24. The lowest BCUT2D eigenvalue weighted by Gasteiger charge is -2.12. The third kappa shape index (κ3) is 6.22. The van der Waals surface area contributed by atoms with Gasteiger partial charge in [-0.15, -0.1) is 0 Å². The third-order valence-electron chi connectivity index (χ3n) is 3.49. The summed E-state index contributed by atoms with van der Waals surface area (Å²) < 4.78 is 21.0. The number of rotatable bonds is 9. The number of nitrogens with one attached hydrogen (secondary N) is 1. The first kappa shape index (κ1) is 20.1. The molecule has 2 aromatic rings. The molecular formula is C20H23NO6. The standard InChI is InChI=1S/C20H23NO6/c1-4-25-17-7-5-6-8-18(17)26-13-20(23)27-12-19(22)21-15-11-14(2)9-10-16(15)24-3/h5-11H,4,12-13H2,1-3H3,(H,21,22). The van der Waals surface area contributed by atoms with Gasteiger partial charge in [0.1, 0.15) is 5.75 Å². The highest BCUT2D eigenvalue weighted by atomic mass is 16.6. The van der Waals surface area contributed by atoms with Crippen LogP contribution in [0, 0.1) is 6.92 Å². The molecule has 0 aliphatic rings. The minimum atomic E-state index is -0.660. The molecule has 27 heavy (non-hydrogen) atoms. The van der Waals surface area contributed by atoms with Crippen LogP contribution in [0.4, 0.5) is 5.69 Å². The molecule has 2 aromatic carbocycles. The maximum absolute atomic E-state index is 12.0. The molecule has 0 fully saturated rings. The largest absolute Gasteiger partial charge is 0.495 e. The van der Waals surface area contributed by atoms with Crippen LogP contribution in [0.15, 0.2) is 42.5 Å². The molecule has 0 atom stereocenters. The van der Waals surface area contributed by atoms with E-state index < -0.39 is 18.5 Å². The lowest BCUT2D eigenvalue weighted by molar-refractivity contribution is -0.149. The molecule has 0 aliphatic heterocycles. The number of methoxy groups -OCH3 is 1. The van der Waals surface area contributed by atoms with Crippen LogP contribution in [-0.4, -0.2) is 38.8 Å². The second kappa shape index (κ2) is 10.1. The molecule has 0 unspecified atom stereocenters. The van der Waals surface area contributed by atoms with Crippen LogP contribution in [0.5, 0.6) is 17.2 Å². The Bertz CT molecular complexity index is 790. The Hall–Kier alpha value is -3.22. The summed E-state index contributed by atoms with van der Waals surface area (Å²) in [5.74, 6) is 0.369. The van der Waals surface area contributed by atoms with Crippen molar-refractivity contribution in [2.75, 3.05) is 32.2 Å². The van der Waals surface area contributed by atoms with Gasteiger partial charge in [0, 0.05) is 0 Å². The predicted molar refractivity (Wildman–Crippen MR) is 100 cm³/mol. The van der Waals surface area contributed by atoms with E-state index in [-0.39, 0.29) is 6.61 Å². The highest BCUT2D eigenvalue weighted by molar-refractivity contribution is 5.94. The van der Waals surface area contributed by atoms with Crippen LogP contribution in [-0.2, 0) is 14.3 Å². The molecule has 0 heterocycles. The Morgan fingerprint density at radius 1 is 0.963 bits per heavy atom. The number of hydrogen-bond acceptors (Lipinski definition) is 6. The zero-order valence-corrected chi connectivity index (χ0v) is 15.6. The average Bonchev–Trinajstić information content (AvgIpc) is 2.66. The maximum atomic E-state index is 12.0. The lowest BCUT2D eigenvalue weighted by atomic mass is 10.2. The average molecular weight is 373 g/mol. The van der Waals surface area contributed by atoms with Gasteiger partial charge in [-0.25, -0.2) is 4.79 Å². The molecule has 0 radical (unpaired) electrons. The van der Waals surface area contributed by atoms with E-state index in [0.29, 0.717) is 29.5 Å². The molecule has 144 valence electrons. The van der Waals surface area contributed by atoms with E-state index in [1.807, 2.05) is 19.9 Å². The normalized spacial score (nSPS) is 10.0. The molecule has 2 rings (SSSR count). The fourth-order valence-corrected chi connectivity index (χ4v) is 2.27. The highest BCUT2D eigenvalue weighted by Crippen LogP contribution is 2.26. The van der Waals surface area contributed by atoms with Gasteiger partial charge in [-0.1, -0.05) is 18.2 Å². The van der Waals surface area contributed by atoms with E-state index >= 15 is 0 Å². The van der Waals surface area contributed by atoms with Crippen molar-refractivity contribution in [1.29, 1.82) is 0 Å². The van der Waals surface area contributed by atoms with E-state index in [2.05, 4.69) is 5.32 Å². The molecule has 0 saturated carbocycles. The zero-order chi connectivity index (χ0) is 19.6. The van der Waals surface area contributed by atoms with Gasteiger partial charge in [0.25, 0.3) is 5.91 Å². The molecule has 1 amide bonds. The van der Waals surface area contributed by atoms with Gasteiger partial charge in [0.2, 0.25) is 0 Å². The minimum Gasteiger partial charge on any atom is -0.495 e. The van der Waals surface area contributed by atoms with Crippen LogP contribution < -0.4 is 19.5 Å². The number of hydrogen-bond donors (Lipinski definition) is 1. The molecule has 1 N–H and O–H groups in total. The van der Waals surface area contributed by atoms with Gasteiger partial charge in [0.15, 0.2) is 24.7 Å². The Morgan fingerprint density at radius 3 is 2.33 bits per heavy atom. The summed E-state index contributed by atoms with van der Waals surface area (Å²) in [5, 5.41) is 2.66. The topological polar surface area (TPSA) is 83.1 Å². The van der Waals surface area contributed by atoms with Crippen molar-refractivity contribution in [3.63, 3.8) is 0 Å². The van der Waals surface area contributed by atoms with Crippen molar-refractivity contribution < 1.29 is 28.5 Å². The van der Waals surface area contributed by atoms with E-state index in [9.17, 15) is 9.59 Å². The van der Waals surface area contributed by atoms with Crippen molar-refractivity contribution in [2.24, 2.45) is 0 Å². The molecule has 0 spiro atoms. The molecule has 0 aromatic heterocycles. The zero-order valence-electron chi connectivity index (χ0n) is 15.6. The van der Waals surface area contributed by atoms with Gasteiger partial charge in [-0.2, -0.15) is 0 Å². The smallest absolute Gasteiger partial charge is 0.344 e. The molecule has 0 saturated heterocycles. The van der Waals surface area contributed by atoms with Crippen LogP contribution in [0.3, 0.4) is 0 Å². The number of esters is 1. The number of benzene rings is 2. The van der Waals surface area contributed by atoms with Crippen molar-refractivity contribution in [3.05, 3.63) is 48.0 Å². The second-order valence-corrected chi connectivity index (χ2v) is 5.58. The highest BCUT2D eigenvalue weighted by Gasteiger charge is 2.12. The van der Waals surface area contributed by atoms with E-state index in [1.165, 1.54) is 7.11 Å². The number of carbonyl (C=O) groups is 2. The number of aryl methyl sites for hydroxylation is 1. The Morgan fingerprint density at radius 2 is 1.67 bits per heavy atom. The molecular weight excluding hydrogens is 350 g/mol. The van der Waals surface area contributed by atoms with Gasteiger partial charge in [-0.3, -0.25) is 4.79 Å². The summed E-state index contributed by atoms with van der Waals surface area (Å²) in [5.41, 5.74) is 1.48. The van der Waals surface area contributed by atoms with E-state index in [0.717, 1.165) is 5.56 Å². The van der Waals surface area contributed by atoms with Crippen LogP contribution >= 0.6 is 0 Å². The summed E-state index contributed by atoms with van der Waals surface area (Å²) in [6, 6.07) is 12.4. The summed E-state index contributed by atoms with van der Waals surface area (Å²) >= 11 is 0. The number of ether oxygens (including phenoxy) is 4. The van der Waals surface area contributed by atoms with Crippen molar-refractivity contribution in [3.8, 4) is 17.2 Å². The number of amides is 1. The van der Waals surface area contributed by atoms with Crippen molar-refractivity contribution in [1.82, 2.24) is 0 Å². The van der Waals surface area contributed by atoms with Crippen LogP contribution in [0.25, 0.3) is 0 Å². The third-order valence-corrected chi connectivity index (χ3v) is 3.49. The van der Waals surface area contributed by atoms with Gasteiger partial charge >= 0.3 is 5.97 Å². The Kier molecular flexibility index (Phi) is 7.49. The van der Waals surface area contributed by atoms with Crippen LogP contribution in [0.2, 0.25) is 0 Å². The second-order valence-electron chi connectivity index (χ2n) is 5.58. The quantitative estimate of drug-likeness (QED) is 0.681. The van der Waals surface area contributed by atoms with Crippen molar-refractivity contribution >= 4 is 17.6 Å². The van der Waals surface area contributed by atoms with E-state index in [1.54, 1.807) is 36.4 Å². The summed E-state index contributed by atoms with van der Waals surface area (Å²) in [7, 11) is 1.51. The summed E-state index contributed by atoms with van der Waals surface area (Å²) in [6.45, 7) is 3.48. The van der Waals surface area contributed by atoms with Gasteiger partial charge < -0.3 is 24.3 Å². The van der Waals surface area contributed by atoms with Gasteiger partial charge in [0.05, 0.1) is 19.4 Å². The summed E-state index contributed by atoms with van der Waals surface area (Å²) in [6.07, 6.45) is 0. The number of para-hydroxylation sites is 2. The minimum absolute atomic E-state index is 0.328.